The van der Waals surface area contributed by atoms with Crippen molar-refractivity contribution in [3.8, 4) is 0 Å². The largest absolute Gasteiger partial charge is 0.481 e. The van der Waals surface area contributed by atoms with Crippen LogP contribution in [0.15, 0.2) is 36.4 Å². The highest BCUT2D eigenvalue weighted by Crippen LogP contribution is 2.48. The summed E-state index contributed by atoms with van der Waals surface area (Å²) in [6.45, 7) is 1.48. The molecule has 0 heterocycles. The number of allylic oxidation sites excluding steroid dienone is 2. The van der Waals surface area contributed by atoms with Gasteiger partial charge in [0.25, 0.3) is 0 Å². The number of hydrogen-bond acceptors (Lipinski definition) is 3. The van der Waals surface area contributed by atoms with Crippen LogP contribution in [-0.4, -0.2) is 29.9 Å². The molecule has 1 aromatic rings. The number of carbonyl (C=O) groups is 3. The number of anilines is 2. The van der Waals surface area contributed by atoms with Crippen molar-refractivity contribution in [2.45, 2.75) is 13.3 Å². The number of nitrogens with one attached hydrogen (secondary N) is 1. The maximum Gasteiger partial charge on any atom is 0.307 e. The van der Waals surface area contributed by atoms with Crippen molar-refractivity contribution in [2.75, 3.05) is 17.3 Å². The van der Waals surface area contributed by atoms with E-state index in [9.17, 15) is 19.5 Å². The molecule has 4 atom stereocenters. The van der Waals surface area contributed by atoms with Crippen molar-refractivity contribution in [1.29, 1.82) is 0 Å². The molecule has 126 valence electrons. The van der Waals surface area contributed by atoms with Crippen molar-refractivity contribution in [1.82, 2.24) is 0 Å². The van der Waals surface area contributed by atoms with Crippen LogP contribution < -0.4 is 10.2 Å². The minimum Gasteiger partial charge on any atom is -0.481 e. The van der Waals surface area contributed by atoms with Gasteiger partial charge in [-0.1, -0.05) is 12.2 Å². The Morgan fingerprint density at radius 2 is 1.67 bits per heavy atom. The SMILES string of the molecule is CC(=O)N(C)c1ccc(NC(=O)[C@@H]2[C@@H](C(=O)O)[C@H]3C=C[C@H]2C3)cc1. The molecule has 2 amide bonds. The highest BCUT2D eigenvalue weighted by atomic mass is 16.4. The molecule has 3 rings (SSSR count). The summed E-state index contributed by atoms with van der Waals surface area (Å²) in [5.74, 6) is -2.48. The molecule has 0 spiro atoms. The number of nitrogens with zero attached hydrogens (tertiary/aromatic N) is 1. The van der Waals surface area contributed by atoms with E-state index in [-0.39, 0.29) is 23.7 Å². The van der Waals surface area contributed by atoms with Gasteiger partial charge in [0, 0.05) is 25.3 Å². The van der Waals surface area contributed by atoms with Crippen LogP contribution in [0, 0.1) is 23.7 Å². The summed E-state index contributed by atoms with van der Waals surface area (Å²) < 4.78 is 0. The van der Waals surface area contributed by atoms with Crippen LogP contribution in [-0.2, 0) is 14.4 Å². The fraction of sp³-hybridized carbons (Fsp3) is 0.389. The van der Waals surface area contributed by atoms with Gasteiger partial charge in [0.2, 0.25) is 11.8 Å². The van der Waals surface area contributed by atoms with E-state index in [1.165, 1.54) is 11.8 Å². The van der Waals surface area contributed by atoms with E-state index >= 15 is 0 Å². The third-order valence-corrected chi connectivity index (χ3v) is 5.04. The molecule has 2 N–H and O–H groups in total. The highest BCUT2D eigenvalue weighted by Gasteiger charge is 2.51. The zero-order valence-electron chi connectivity index (χ0n) is 13.6. The van der Waals surface area contributed by atoms with Gasteiger partial charge >= 0.3 is 5.97 Å². The first-order valence-electron chi connectivity index (χ1n) is 7.95. The number of fused-ring (bicyclic) bond motifs is 2. The summed E-state index contributed by atoms with van der Waals surface area (Å²) in [6.07, 6.45) is 4.61. The van der Waals surface area contributed by atoms with Crippen molar-refractivity contribution in [3.63, 3.8) is 0 Å². The van der Waals surface area contributed by atoms with Gasteiger partial charge in [0.05, 0.1) is 11.8 Å². The maximum absolute atomic E-state index is 12.6. The molecule has 0 aliphatic heterocycles. The van der Waals surface area contributed by atoms with E-state index in [0.717, 1.165) is 12.1 Å². The first-order chi connectivity index (χ1) is 11.4. The van der Waals surface area contributed by atoms with Crippen LogP contribution in [0.4, 0.5) is 11.4 Å². The molecule has 2 aliphatic rings. The Kier molecular flexibility index (Phi) is 4.13. The predicted molar refractivity (Wildman–Crippen MR) is 89.5 cm³/mol. The summed E-state index contributed by atoms with van der Waals surface area (Å²) in [4.78, 5) is 36.9. The van der Waals surface area contributed by atoms with Gasteiger partial charge in [0.1, 0.15) is 0 Å². The van der Waals surface area contributed by atoms with E-state index in [0.29, 0.717) is 5.69 Å². The minimum atomic E-state index is -0.912. The smallest absolute Gasteiger partial charge is 0.307 e. The molecule has 2 bridgehead atoms. The van der Waals surface area contributed by atoms with Gasteiger partial charge in [-0.15, -0.1) is 0 Å². The molecular formula is C18H20N2O4. The van der Waals surface area contributed by atoms with Crippen LogP contribution in [0.5, 0.6) is 0 Å². The second-order valence-electron chi connectivity index (χ2n) is 6.45. The molecule has 1 fully saturated rings. The highest BCUT2D eigenvalue weighted by molar-refractivity contribution is 5.97. The number of hydrogen-bond donors (Lipinski definition) is 2. The van der Waals surface area contributed by atoms with Crippen LogP contribution >= 0.6 is 0 Å². The van der Waals surface area contributed by atoms with Crippen molar-refractivity contribution in [3.05, 3.63) is 36.4 Å². The summed E-state index contributed by atoms with van der Waals surface area (Å²) in [6, 6.07) is 6.91. The number of carbonyl (C=O) groups excluding carboxylic acids is 2. The van der Waals surface area contributed by atoms with Gasteiger partial charge in [-0.3, -0.25) is 14.4 Å². The summed E-state index contributed by atoms with van der Waals surface area (Å²) in [5.41, 5.74) is 1.32. The number of amides is 2. The Morgan fingerprint density at radius 1 is 1.08 bits per heavy atom. The van der Waals surface area contributed by atoms with Crippen molar-refractivity contribution in [2.24, 2.45) is 23.7 Å². The molecule has 6 heteroatoms. The maximum atomic E-state index is 12.6. The first-order valence-corrected chi connectivity index (χ1v) is 7.95. The number of carboxylic acids is 1. The summed E-state index contributed by atoms with van der Waals surface area (Å²) in [7, 11) is 1.68. The lowest BCUT2D eigenvalue weighted by atomic mass is 9.82. The van der Waals surface area contributed by atoms with Crippen LogP contribution in [0.3, 0.4) is 0 Å². The molecule has 2 aliphatic carbocycles. The van der Waals surface area contributed by atoms with E-state index in [1.807, 2.05) is 12.2 Å². The quantitative estimate of drug-likeness (QED) is 0.829. The lowest BCUT2D eigenvalue weighted by Gasteiger charge is -2.24. The zero-order chi connectivity index (χ0) is 17.4. The number of carboxylic acid groups (broad SMARTS) is 1. The zero-order valence-corrected chi connectivity index (χ0v) is 13.6. The Hall–Kier alpha value is -2.63. The average molecular weight is 328 g/mol. The van der Waals surface area contributed by atoms with E-state index in [4.69, 9.17) is 0 Å². The molecule has 0 saturated heterocycles. The van der Waals surface area contributed by atoms with Crippen molar-refractivity contribution >= 4 is 29.2 Å². The van der Waals surface area contributed by atoms with Crippen molar-refractivity contribution < 1.29 is 19.5 Å². The Morgan fingerprint density at radius 3 is 2.21 bits per heavy atom. The third kappa shape index (κ3) is 2.79. The average Bonchev–Trinajstić information content (AvgIpc) is 3.15. The second-order valence-corrected chi connectivity index (χ2v) is 6.45. The molecule has 6 nitrogen and oxygen atoms in total. The van der Waals surface area contributed by atoms with Gasteiger partial charge < -0.3 is 15.3 Å². The van der Waals surface area contributed by atoms with E-state index < -0.39 is 17.8 Å². The Labute approximate surface area is 140 Å². The van der Waals surface area contributed by atoms with Crippen LogP contribution in [0.1, 0.15) is 13.3 Å². The second kappa shape index (κ2) is 6.11. The molecule has 0 aromatic heterocycles. The monoisotopic (exact) mass is 328 g/mol. The number of benzene rings is 1. The fourth-order valence-corrected chi connectivity index (χ4v) is 3.69. The Bertz CT molecular complexity index is 710. The summed E-state index contributed by atoms with van der Waals surface area (Å²) in [5, 5.41) is 12.2. The van der Waals surface area contributed by atoms with E-state index in [2.05, 4.69) is 5.32 Å². The van der Waals surface area contributed by atoms with E-state index in [1.54, 1.807) is 31.3 Å². The van der Waals surface area contributed by atoms with Gasteiger partial charge in [-0.25, -0.2) is 0 Å². The van der Waals surface area contributed by atoms with Crippen LogP contribution in [0.25, 0.3) is 0 Å². The van der Waals surface area contributed by atoms with Gasteiger partial charge in [-0.2, -0.15) is 0 Å². The molecular weight excluding hydrogens is 308 g/mol. The molecule has 1 saturated carbocycles. The summed E-state index contributed by atoms with van der Waals surface area (Å²) >= 11 is 0. The van der Waals surface area contributed by atoms with Crippen LogP contribution in [0.2, 0.25) is 0 Å². The topological polar surface area (TPSA) is 86.7 Å². The van der Waals surface area contributed by atoms with Gasteiger partial charge in [0.15, 0.2) is 0 Å². The molecule has 24 heavy (non-hydrogen) atoms. The number of rotatable bonds is 4. The molecule has 0 unspecified atom stereocenters. The lowest BCUT2D eigenvalue weighted by molar-refractivity contribution is -0.146. The normalized spacial score (nSPS) is 27.1. The minimum absolute atomic E-state index is 0.000723. The Balaban J connectivity index is 1.72. The number of aliphatic carboxylic acids is 1. The standard InChI is InChI=1S/C18H20N2O4/c1-10(21)20(2)14-7-5-13(6-8-14)19-17(22)15-11-3-4-12(9-11)16(15)18(23)24/h3-8,11-12,15-16H,9H2,1-2H3,(H,19,22)(H,23,24)/t11-,12-,15-,16-/m0/s1. The molecule has 0 radical (unpaired) electrons. The third-order valence-electron chi connectivity index (χ3n) is 5.04. The fourth-order valence-electron chi connectivity index (χ4n) is 3.69. The molecule has 1 aromatic carbocycles. The lowest BCUT2D eigenvalue weighted by Crippen LogP contribution is -2.36. The predicted octanol–water partition coefficient (Wildman–Crippen LogP) is 2.13. The van der Waals surface area contributed by atoms with Gasteiger partial charge in [-0.05, 0) is 42.5 Å². The first kappa shape index (κ1) is 16.2.